The zero-order chi connectivity index (χ0) is 10.3. The van der Waals surface area contributed by atoms with Crippen LogP contribution in [-0.4, -0.2) is 11.9 Å². The van der Waals surface area contributed by atoms with Gasteiger partial charge in [0, 0.05) is 11.5 Å². The Morgan fingerprint density at radius 2 is 1.77 bits per heavy atom. The van der Waals surface area contributed by atoms with Crippen LogP contribution >= 0.6 is 0 Å². The average molecular weight is 183 g/mol. The molecule has 1 rings (SSSR count). The van der Waals surface area contributed by atoms with Crippen LogP contribution in [0.25, 0.3) is 0 Å². The Hall–Kier alpha value is -0.530. The number of amides is 1. The highest BCUT2D eigenvalue weighted by atomic mass is 16.2. The topological polar surface area (TPSA) is 29.1 Å². The van der Waals surface area contributed by atoms with E-state index in [0.29, 0.717) is 11.5 Å². The standard InChI is InChI=1S/C11H21NO/c1-10(2,3)9(13)12-8-6-11(4,5)7-8/h8H,6-7H2,1-5H3,(H,12,13). The first-order chi connectivity index (χ1) is 5.71. The Morgan fingerprint density at radius 3 is 2.08 bits per heavy atom. The van der Waals surface area contributed by atoms with E-state index in [-0.39, 0.29) is 11.3 Å². The molecular formula is C11H21NO. The quantitative estimate of drug-likeness (QED) is 0.664. The van der Waals surface area contributed by atoms with E-state index in [1.807, 2.05) is 20.8 Å². The molecule has 1 amide bonds. The lowest BCUT2D eigenvalue weighted by Gasteiger charge is -2.43. The maximum atomic E-state index is 11.6. The first-order valence-electron chi connectivity index (χ1n) is 5.02. The second-order valence-electron chi connectivity index (χ2n) is 5.99. The maximum Gasteiger partial charge on any atom is 0.225 e. The normalized spacial score (nSPS) is 22.2. The molecule has 0 saturated heterocycles. The van der Waals surface area contributed by atoms with Gasteiger partial charge in [0.25, 0.3) is 0 Å². The molecule has 1 fully saturated rings. The highest BCUT2D eigenvalue weighted by molar-refractivity contribution is 5.81. The minimum atomic E-state index is -0.250. The Kier molecular flexibility index (Phi) is 2.44. The molecular weight excluding hydrogens is 162 g/mol. The number of nitrogens with one attached hydrogen (secondary N) is 1. The summed E-state index contributed by atoms with van der Waals surface area (Å²) in [7, 11) is 0. The van der Waals surface area contributed by atoms with Crippen LogP contribution in [0, 0.1) is 10.8 Å². The molecule has 2 nitrogen and oxygen atoms in total. The van der Waals surface area contributed by atoms with E-state index in [9.17, 15) is 4.79 Å². The Balaban J connectivity index is 2.33. The van der Waals surface area contributed by atoms with Crippen molar-refractivity contribution < 1.29 is 4.79 Å². The first-order valence-corrected chi connectivity index (χ1v) is 5.02. The van der Waals surface area contributed by atoms with Gasteiger partial charge in [-0.05, 0) is 18.3 Å². The smallest absolute Gasteiger partial charge is 0.225 e. The lowest BCUT2D eigenvalue weighted by Crippen LogP contribution is -2.51. The van der Waals surface area contributed by atoms with Gasteiger partial charge in [0.15, 0.2) is 0 Å². The molecule has 0 bridgehead atoms. The van der Waals surface area contributed by atoms with Crippen LogP contribution in [0.15, 0.2) is 0 Å². The minimum absolute atomic E-state index is 0.174. The molecule has 2 heteroatoms. The van der Waals surface area contributed by atoms with Crippen molar-refractivity contribution >= 4 is 5.91 Å². The monoisotopic (exact) mass is 183 g/mol. The highest BCUT2D eigenvalue weighted by Crippen LogP contribution is 2.40. The van der Waals surface area contributed by atoms with Crippen molar-refractivity contribution in [3.63, 3.8) is 0 Å². The van der Waals surface area contributed by atoms with Crippen molar-refractivity contribution in [3.8, 4) is 0 Å². The van der Waals surface area contributed by atoms with Crippen molar-refractivity contribution in [2.75, 3.05) is 0 Å². The van der Waals surface area contributed by atoms with E-state index >= 15 is 0 Å². The van der Waals surface area contributed by atoms with Crippen LogP contribution in [-0.2, 0) is 4.79 Å². The van der Waals surface area contributed by atoms with Gasteiger partial charge in [-0.3, -0.25) is 4.79 Å². The largest absolute Gasteiger partial charge is 0.353 e. The van der Waals surface area contributed by atoms with Crippen LogP contribution < -0.4 is 5.32 Å². The number of rotatable bonds is 1. The third kappa shape index (κ3) is 2.71. The summed E-state index contributed by atoms with van der Waals surface area (Å²) in [6, 6.07) is 0.418. The van der Waals surface area contributed by atoms with Crippen LogP contribution in [0.2, 0.25) is 0 Å². The molecule has 1 saturated carbocycles. The van der Waals surface area contributed by atoms with Crippen molar-refractivity contribution in [1.29, 1.82) is 0 Å². The molecule has 0 aliphatic heterocycles. The summed E-state index contributed by atoms with van der Waals surface area (Å²) < 4.78 is 0. The second-order valence-corrected chi connectivity index (χ2v) is 5.99. The van der Waals surface area contributed by atoms with Crippen molar-refractivity contribution in [1.82, 2.24) is 5.32 Å². The first kappa shape index (κ1) is 10.6. The van der Waals surface area contributed by atoms with Gasteiger partial charge in [-0.25, -0.2) is 0 Å². The van der Waals surface area contributed by atoms with E-state index in [2.05, 4.69) is 19.2 Å². The molecule has 0 spiro atoms. The van der Waals surface area contributed by atoms with E-state index in [4.69, 9.17) is 0 Å². The van der Waals surface area contributed by atoms with Gasteiger partial charge in [-0.15, -0.1) is 0 Å². The molecule has 0 atom stereocenters. The summed E-state index contributed by atoms with van der Waals surface area (Å²) in [6.45, 7) is 10.3. The molecule has 0 radical (unpaired) electrons. The summed E-state index contributed by atoms with van der Waals surface area (Å²) in [4.78, 5) is 11.6. The lowest BCUT2D eigenvalue weighted by molar-refractivity contribution is -0.130. The number of carbonyl (C=O) groups excluding carboxylic acids is 1. The molecule has 1 aliphatic rings. The number of hydrogen-bond acceptors (Lipinski definition) is 1. The fourth-order valence-electron chi connectivity index (χ4n) is 1.78. The Morgan fingerprint density at radius 1 is 1.31 bits per heavy atom. The average Bonchev–Trinajstić information content (AvgIpc) is 1.80. The molecule has 13 heavy (non-hydrogen) atoms. The molecule has 76 valence electrons. The van der Waals surface area contributed by atoms with Gasteiger partial charge in [-0.1, -0.05) is 34.6 Å². The van der Waals surface area contributed by atoms with Crippen LogP contribution in [0.4, 0.5) is 0 Å². The van der Waals surface area contributed by atoms with E-state index in [1.54, 1.807) is 0 Å². The predicted molar refractivity (Wildman–Crippen MR) is 54.4 cm³/mol. The Labute approximate surface area is 81.1 Å². The van der Waals surface area contributed by atoms with Gasteiger partial charge >= 0.3 is 0 Å². The molecule has 1 aliphatic carbocycles. The third-order valence-electron chi connectivity index (χ3n) is 2.61. The van der Waals surface area contributed by atoms with E-state index in [0.717, 1.165) is 12.8 Å². The molecule has 0 unspecified atom stereocenters. The SMILES string of the molecule is CC1(C)CC(NC(=O)C(C)(C)C)C1. The summed E-state index contributed by atoms with van der Waals surface area (Å²) in [6.07, 6.45) is 2.24. The summed E-state index contributed by atoms with van der Waals surface area (Å²) in [5.74, 6) is 0.174. The zero-order valence-corrected chi connectivity index (χ0v) is 9.40. The van der Waals surface area contributed by atoms with Gasteiger partial charge in [0.2, 0.25) is 5.91 Å². The fraction of sp³-hybridized carbons (Fsp3) is 0.909. The van der Waals surface area contributed by atoms with E-state index in [1.165, 1.54) is 0 Å². The maximum absolute atomic E-state index is 11.6. The number of carbonyl (C=O) groups is 1. The predicted octanol–water partition coefficient (Wildman–Crippen LogP) is 2.34. The van der Waals surface area contributed by atoms with Crippen molar-refractivity contribution in [2.45, 2.75) is 53.5 Å². The Bertz CT molecular complexity index is 205. The van der Waals surface area contributed by atoms with Gasteiger partial charge in [-0.2, -0.15) is 0 Å². The van der Waals surface area contributed by atoms with Crippen LogP contribution in [0.1, 0.15) is 47.5 Å². The van der Waals surface area contributed by atoms with E-state index < -0.39 is 0 Å². The minimum Gasteiger partial charge on any atom is -0.353 e. The van der Waals surface area contributed by atoms with Gasteiger partial charge in [0.1, 0.15) is 0 Å². The summed E-state index contributed by atoms with van der Waals surface area (Å²) in [5, 5.41) is 3.07. The molecule has 0 heterocycles. The lowest BCUT2D eigenvalue weighted by atomic mass is 9.68. The third-order valence-corrected chi connectivity index (χ3v) is 2.61. The highest BCUT2D eigenvalue weighted by Gasteiger charge is 2.38. The van der Waals surface area contributed by atoms with Crippen molar-refractivity contribution in [2.24, 2.45) is 10.8 Å². The van der Waals surface area contributed by atoms with Crippen molar-refractivity contribution in [3.05, 3.63) is 0 Å². The summed E-state index contributed by atoms with van der Waals surface area (Å²) in [5.41, 5.74) is 0.190. The number of hydrogen-bond donors (Lipinski definition) is 1. The van der Waals surface area contributed by atoms with Crippen LogP contribution in [0.5, 0.6) is 0 Å². The zero-order valence-electron chi connectivity index (χ0n) is 9.40. The van der Waals surface area contributed by atoms with Gasteiger partial charge in [0.05, 0.1) is 0 Å². The summed E-state index contributed by atoms with van der Waals surface area (Å²) >= 11 is 0. The van der Waals surface area contributed by atoms with Gasteiger partial charge < -0.3 is 5.32 Å². The second kappa shape index (κ2) is 3.00. The molecule has 0 aromatic heterocycles. The molecule has 1 N–H and O–H groups in total. The molecule has 0 aromatic rings. The van der Waals surface area contributed by atoms with Crippen LogP contribution in [0.3, 0.4) is 0 Å². The molecule has 0 aromatic carbocycles. The fourth-order valence-corrected chi connectivity index (χ4v) is 1.78.